The third-order valence-corrected chi connectivity index (χ3v) is 5.05. The van der Waals surface area contributed by atoms with Crippen molar-refractivity contribution in [2.24, 2.45) is 0 Å². The summed E-state index contributed by atoms with van der Waals surface area (Å²) < 4.78 is 13.0. The molecular formula is C22H28FN3O. The SMILES string of the molecule is C[C@H](CCc1ccccc1)NC(=O)CN1CCN(c2ccc(F)cc2)CC1. The van der Waals surface area contributed by atoms with E-state index in [2.05, 4.69) is 34.2 Å². The van der Waals surface area contributed by atoms with Crippen molar-refractivity contribution in [1.82, 2.24) is 10.2 Å². The van der Waals surface area contributed by atoms with Crippen molar-refractivity contribution in [3.63, 3.8) is 0 Å². The maximum atomic E-state index is 13.0. The molecule has 0 unspecified atom stereocenters. The van der Waals surface area contributed by atoms with Crippen LogP contribution in [0.4, 0.5) is 10.1 Å². The van der Waals surface area contributed by atoms with E-state index in [0.717, 1.165) is 44.7 Å². The molecule has 1 heterocycles. The van der Waals surface area contributed by atoms with Crippen LogP contribution in [0, 0.1) is 5.82 Å². The fourth-order valence-corrected chi connectivity index (χ4v) is 3.44. The lowest BCUT2D eigenvalue weighted by atomic mass is 10.1. The minimum absolute atomic E-state index is 0.0887. The Bertz CT molecular complexity index is 712. The fourth-order valence-electron chi connectivity index (χ4n) is 3.44. The number of amides is 1. The molecule has 0 bridgehead atoms. The molecule has 0 spiro atoms. The summed E-state index contributed by atoms with van der Waals surface area (Å²) in [5, 5.41) is 3.11. The van der Waals surface area contributed by atoms with Crippen molar-refractivity contribution in [2.75, 3.05) is 37.6 Å². The van der Waals surface area contributed by atoms with E-state index in [1.54, 1.807) is 0 Å². The molecule has 0 aromatic heterocycles. The van der Waals surface area contributed by atoms with Gasteiger partial charge in [0.2, 0.25) is 5.91 Å². The average molecular weight is 369 g/mol. The number of hydrogen-bond acceptors (Lipinski definition) is 3. The van der Waals surface area contributed by atoms with Gasteiger partial charge in [-0.15, -0.1) is 0 Å². The Morgan fingerprint density at radius 3 is 2.37 bits per heavy atom. The van der Waals surface area contributed by atoms with Crippen LogP contribution in [0.5, 0.6) is 0 Å². The summed E-state index contributed by atoms with van der Waals surface area (Å²) in [6.07, 6.45) is 1.91. The first kappa shape index (κ1) is 19.4. The number of carbonyl (C=O) groups excluding carboxylic acids is 1. The number of piperazine rings is 1. The van der Waals surface area contributed by atoms with E-state index in [9.17, 15) is 9.18 Å². The van der Waals surface area contributed by atoms with Gasteiger partial charge in [-0.3, -0.25) is 9.69 Å². The summed E-state index contributed by atoms with van der Waals surface area (Å²) >= 11 is 0. The third-order valence-electron chi connectivity index (χ3n) is 5.05. The average Bonchev–Trinajstić information content (AvgIpc) is 2.68. The zero-order chi connectivity index (χ0) is 19.1. The summed E-state index contributed by atoms with van der Waals surface area (Å²) in [6, 6.07) is 17.1. The van der Waals surface area contributed by atoms with Crippen LogP contribution < -0.4 is 10.2 Å². The highest BCUT2D eigenvalue weighted by Crippen LogP contribution is 2.16. The first-order valence-electron chi connectivity index (χ1n) is 9.66. The summed E-state index contributed by atoms with van der Waals surface area (Å²) in [6.45, 7) is 5.87. The van der Waals surface area contributed by atoms with E-state index < -0.39 is 0 Å². The number of halogens is 1. The highest BCUT2D eigenvalue weighted by atomic mass is 19.1. The Balaban J connectivity index is 1.37. The van der Waals surface area contributed by atoms with Crippen LogP contribution in [0.15, 0.2) is 54.6 Å². The van der Waals surface area contributed by atoms with Crippen LogP contribution in [-0.2, 0) is 11.2 Å². The van der Waals surface area contributed by atoms with Gasteiger partial charge in [-0.1, -0.05) is 30.3 Å². The van der Waals surface area contributed by atoms with E-state index in [1.807, 2.05) is 30.3 Å². The summed E-state index contributed by atoms with van der Waals surface area (Å²) in [5.41, 5.74) is 2.34. The molecule has 1 amide bonds. The highest BCUT2D eigenvalue weighted by Gasteiger charge is 2.19. The normalized spacial score (nSPS) is 16.1. The quantitative estimate of drug-likeness (QED) is 0.815. The molecule has 0 saturated carbocycles. The number of carbonyl (C=O) groups is 1. The van der Waals surface area contributed by atoms with Gasteiger partial charge in [-0.25, -0.2) is 4.39 Å². The number of anilines is 1. The zero-order valence-corrected chi connectivity index (χ0v) is 15.9. The lowest BCUT2D eigenvalue weighted by molar-refractivity contribution is -0.122. The van der Waals surface area contributed by atoms with Gasteiger partial charge in [0.1, 0.15) is 5.82 Å². The number of aryl methyl sites for hydroxylation is 1. The number of nitrogens with one attached hydrogen (secondary N) is 1. The molecule has 144 valence electrons. The van der Waals surface area contributed by atoms with Gasteiger partial charge in [0.25, 0.3) is 0 Å². The Morgan fingerprint density at radius 2 is 1.70 bits per heavy atom. The summed E-state index contributed by atoms with van der Waals surface area (Å²) in [7, 11) is 0. The van der Waals surface area contributed by atoms with Gasteiger partial charge in [0, 0.05) is 37.9 Å². The van der Waals surface area contributed by atoms with E-state index in [0.29, 0.717) is 6.54 Å². The Hall–Kier alpha value is -2.40. The standard InChI is InChI=1S/C22H28FN3O/c1-18(7-8-19-5-3-2-4-6-19)24-22(27)17-25-13-15-26(16-14-25)21-11-9-20(23)10-12-21/h2-6,9-12,18H,7-8,13-17H2,1H3,(H,24,27)/t18-/m1/s1. The number of hydrogen-bond donors (Lipinski definition) is 1. The maximum Gasteiger partial charge on any atom is 0.234 e. The maximum absolute atomic E-state index is 13.0. The van der Waals surface area contributed by atoms with Crippen LogP contribution >= 0.6 is 0 Å². The van der Waals surface area contributed by atoms with Gasteiger partial charge >= 0.3 is 0 Å². The van der Waals surface area contributed by atoms with Crippen LogP contribution in [0.25, 0.3) is 0 Å². The van der Waals surface area contributed by atoms with E-state index in [4.69, 9.17) is 0 Å². The van der Waals surface area contributed by atoms with Crippen molar-refractivity contribution < 1.29 is 9.18 Å². The monoisotopic (exact) mass is 369 g/mol. The number of benzene rings is 2. The van der Waals surface area contributed by atoms with Crippen LogP contribution in [-0.4, -0.2) is 49.6 Å². The fraction of sp³-hybridized carbons (Fsp3) is 0.409. The lowest BCUT2D eigenvalue weighted by Gasteiger charge is -2.35. The molecule has 0 radical (unpaired) electrons. The molecule has 5 heteroatoms. The molecule has 1 aliphatic rings. The molecule has 2 aromatic carbocycles. The highest BCUT2D eigenvalue weighted by molar-refractivity contribution is 5.78. The Labute approximate surface area is 161 Å². The Morgan fingerprint density at radius 1 is 1.04 bits per heavy atom. The predicted octanol–water partition coefficient (Wildman–Crippen LogP) is 3.09. The van der Waals surface area contributed by atoms with Gasteiger partial charge in [-0.2, -0.15) is 0 Å². The molecule has 1 fully saturated rings. The van der Waals surface area contributed by atoms with Crippen molar-refractivity contribution in [3.05, 3.63) is 66.0 Å². The first-order chi connectivity index (χ1) is 13.1. The molecular weight excluding hydrogens is 341 g/mol. The van der Waals surface area contributed by atoms with Gasteiger partial charge < -0.3 is 10.2 Å². The molecule has 1 saturated heterocycles. The molecule has 27 heavy (non-hydrogen) atoms. The first-order valence-corrected chi connectivity index (χ1v) is 9.66. The number of rotatable bonds is 7. The summed E-state index contributed by atoms with van der Waals surface area (Å²) in [5.74, 6) is -0.124. The molecule has 4 nitrogen and oxygen atoms in total. The van der Waals surface area contributed by atoms with Gasteiger partial charge in [0.05, 0.1) is 6.54 Å². The van der Waals surface area contributed by atoms with Crippen molar-refractivity contribution in [2.45, 2.75) is 25.8 Å². The minimum Gasteiger partial charge on any atom is -0.369 e. The van der Waals surface area contributed by atoms with E-state index >= 15 is 0 Å². The molecule has 2 aromatic rings. The predicted molar refractivity (Wildman–Crippen MR) is 107 cm³/mol. The third kappa shape index (κ3) is 6.07. The molecule has 0 aliphatic carbocycles. The largest absolute Gasteiger partial charge is 0.369 e. The second kappa shape index (κ2) is 9.51. The zero-order valence-electron chi connectivity index (χ0n) is 15.9. The van der Waals surface area contributed by atoms with E-state index in [1.165, 1.54) is 17.7 Å². The van der Waals surface area contributed by atoms with Crippen molar-refractivity contribution >= 4 is 11.6 Å². The van der Waals surface area contributed by atoms with E-state index in [-0.39, 0.29) is 17.8 Å². The van der Waals surface area contributed by atoms with Gasteiger partial charge in [-0.05, 0) is 49.6 Å². The van der Waals surface area contributed by atoms with Crippen LogP contribution in [0.2, 0.25) is 0 Å². The smallest absolute Gasteiger partial charge is 0.234 e. The second-order valence-electron chi connectivity index (χ2n) is 7.23. The minimum atomic E-state index is -0.213. The van der Waals surface area contributed by atoms with Gasteiger partial charge in [0.15, 0.2) is 0 Å². The van der Waals surface area contributed by atoms with Crippen molar-refractivity contribution in [1.29, 1.82) is 0 Å². The van der Waals surface area contributed by atoms with Crippen LogP contribution in [0.3, 0.4) is 0 Å². The molecule has 1 atom stereocenters. The second-order valence-corrected chi connectivity index (χ2v) is 7.23. The lowest BCUT2D eigenvalue weighted by Crippen LogP contribution is -2.50. The number of nitrogens with zero attached hydrogens (tertiary/aromatic N) is 2. The molecule has 1 N–H and O–H groups in total. The molecule has 3 rings (SSSR count). The van der Waals surface area contributed by atoms with Crippen molar-refractivity contribution in [3.8, 4) is 0 Å². The Kier molecular flexibility index (Phi) is 6.82. The molecule has 1 aliphatic heterocycles. The van der Waals surface area contributed by atoms with Crippen LogP contribution in [0.1, 0.15) is 18.9 Å². The summed E-state index contributed by atoms with van der Waals surface area (Å²) in [4.78, 5) is 16.7. The topological polar surface area (TPSA) is 35.6 Å².